The number of ether oxygens (including phenoxy) is 1. The van der Waals surface area contributed by atoms with E-state index in [0.29, 0.717) is 5.41 Å². The molecule has 1 unspecified atom stereocenters. The number of hydrogen-bond acceptors (Lipinski definition) is 2. The summed E-state index contributed by atoms with van der Waals surface area (Å²) >= 11 is 0. The first-order chi connectivity index (χ1) is 8.71. The zero-order valence-electron chi connectivity index (χ0n) is 10.8. The molecule has 1 N–H and O–H groups in total. The van der Waals surface area contributed by atoms with Crippen molar-refractivity contribution in [1.29, 1.82) is 0 Å². The Labute approximate surface area is 108 Å². The molecule has 1 aliphatic heterocycles. The molecular formula is C15H20FNO. The maximum atomic E-state index is 13.1. The van der Waals surface area contributed by atoms with Gasteiger partial charge in [-0.2, -0.15) is 0 Å². The van der Waals surface area contributed by atoms with E-state index in [1.54, 1.807) is 12.1 Å². The molecule has 0 aromatic heterocycles. The van der Waals surface area contributed by atoms with Gasteiger partial charge in [-0.1, -0.05) is 6.92 Å². The van der Waals surface area contributed by atoms with Crippen LogP contribution in [0.25, 0.3) is 0 Å². The SMILES string of the molecule is CCC1(CNCC2Cc3cc(F)ccc3O2)CC1. The summed E-state index contributed by atoms with van der Waals surface area (Å²) in [7, 11) is 0. The largest absolute Gasteiger partial charge is 0.488 e. The normalized spacial score (nSPS) is 23.6. The third kappa shape index (κ3) is 2.37. The van der Waals surface area contributed by atoms with Crippen LogP contribution in [0, 0.1) is 11.2 Å². The molecule has 18 heavy (non-hydrogen) atoms. The molecule has 1 atom stereocenters. The molecule has 0 radical (unpaired) electrons. The summed E-state index contributed by atoms with van der Waals surface area (Å²) in [6.45, 7) is 4.21. The lowest BCUT2D eigenvalue weighted by molar-refractivity contribution is 0.223. The Kier molecular flexibility index (Phi) is 3.02. The van der Waals surface area contributed by atoms with Crippen molar-refractivity contribution in [3.05, 3.63) is 29.6 Å². The molecule has 0 spiro atoms. The zero-order valence-corrected chi connectivity index (χ0v) is 10.8. The minimum atomic E-state index is -0.172. The molecule has 1 fully saturated rings. The van der Waals surface area contributed by atoms with Gasteiger partial charge in [0.15, 0.2) is 0 Å². The minimum absolute atomic E-state index is 0.162. The van der Waals surface area contributed by atoms with Gasteiger partial charge in [0, 0.05) is 25.1 Å². The molecule has 1 aliphatic carbocycles. The molecule has 2 aliphatic rings. The highest BCUT2D eigenvalue weighted by molar-refractivity contribution is 5.37. The van der Waals surface area contributed by atoms with Gasteiger partial charge in [0.05, 0.1) is 0 Å². The van der Waals surface area contributed by atoms with Gasteiger partial charge in [-0.15, -0.1) is 0 Å². The molecule has 1 saturated carbocycles. The Bertz CT molecular complexity index is 442. The first kappa shape index (κ1) is 12.0. The lowest BCUT2D eigenvalue weighted by Crippen LogP contribution is -2.33. The summed E-state index contributed by atoms with van der Waals surface area (Å²) in [5, 5.41) is 3.51. The molecule has 0 amide bonds. The molecule has 1 aromatic carbocycles. The average molecular weight is 249 g/mol. The monoisotopic (exact) mass is 249 g/mol. The van der Waals surface area contributed by atoms with Gasteiger partial charge in [-0.3, -0.25) is 0 Å². The van der Waals surface area contributed by atoms with Crippen LogP contribution in [-0.4, -0.2) is 19.2 Å². The number of nitrogens with one attached hydrogen (secondary N) is 1. The summed E-state index contributed by atoms with van der Waals surface area (Å²) in [5.41, 5.74) is 1.57. The van der Waals surface area contributed by atoms with Crippen molar-refractivity contribution in [3.63, 3.8) is 0 Å². The first-order valence-corrected chi connectivity index (χ1v) is 6.87. The third-order valence-corrected chi connectivity index (χ3v) is 4.34. The molecule has 1 heterocycles. The van der Waals surface area contributed by atoms with Crippen LogP contribution in [0.3, 0.4) is 0 Å². The van der Waals surface area contributed by atoms with Crippen molar-refractivity contribution in [2.75, 3.05) is 13.1 Å². The van der Waals surface area contributed by atoms with Gasteiger partial charge in [-0.05, 0) is 42.9 Å². The van der Waals surface area contributed by atoms with Gasteiger partial charge in [0.2, 0.25) is 0 Å². The van der Waals surface area contributed by atoms with Gasteiger partial charge < -0.3 is 10.1 Å². The fourth-order valence-electron chi connectivity index (χ4n) is 2.73. The van der Waals surface area contributed by atoms with Crippen molar-refractivity contribution in [2.45, 2.75) is 38.7 Å². The van der Waals surface area contributed by atoms with Crippen LogP contribution in [0.15, 0.2) is 18.2 Å². The van der Waals surface area contributed by atoms with Crippen molar-refractivity contribution >= 4 is 0 Å². The van der Waals surface area contributed by atoms with E-state index in [-0.39, 0.29) is 11.9 Å². The lowest BCUT2D eigenvalue weighted by atomic mass is 10.0. The van der Waals surface area contributed by atoms with Crippen molar-refractivity contribution in [2.24, 2.45) is 5.41 Å². The van der Waals surface area contributed by atoms with Crippen LogP contribution < -0.4 is 10.1 Å². The predicted octanol–water partition coefficient (Wildman–Crippen LogP) is 2.91. The molecule has 3 rings (SSSR count). The Morgan fingerprint density at radius 2 is 2.28 bits per heavy atom. The third-order valence-electron chi connectivity index (χ3n) is 4.34. The summed E-state index contributed by atoms with van der Waals surface area (Å²) in [6.07, 6.45) is 4.95. The number of fused-ring (bicyclic) bond motifs is 1. The van der Waals surface area contributed by atoms with Crippen LogP contribution in [0.4, 0.5) is 4.39 Å². The van der Waals surface area contributed by atoms with Gasteiger partial charge in [0.1, 0.15) is 17.7 Å². The molecule has 98 valence electrons. The Morgan fingerprint density at radius 1 is 1.44 bits per heavy atom. The van der Waals surface area contributed by atoms with E-state index in [1.165, 1.54) is 25.3 Å². The molecule has 0 bridgehead atoms. The quantitative estimate of drug-likeness (QED) is 0.866. The molecule has 2 nitrogen and oxygen atoms in total. The second kappa shape index (κ2) is 4.54. The first-order valence-electron chi connectivity index (χ1n) is 6.87. The predicted molar refractivity (Wildman–Crippen MR) is 69.3 cm³/mol. The van der Waals surface area contributed by atoms with E-state index in [4.69, 9.17) is 4.74 Å². The lowest BCUT2D eigenvalue weighted by Gasteiger charge is -2.16. The van der Waals surface area contributed by atoms with Gasteiger partial charge in [0.25, 0.3) is 0 Å². The summed E-state index contributed by atoms with van der Waals surface area (Å²) in [4.78, 5) is 0. The summed E-state index contributed by atoms with van der Waals surface area (Å²) in [5.74, 6) is 0.675. The second-order valence-corrected chi connectivity index (χ2v) is 5.68. The number of rotatable bonds is 5. The van der Waals surface area contributed by atoms with E-state index in [0.717, 1.165) is 30.8 Å². The van der Waals surface area contributed by atoms with Crippen LogP contribution in [0.2, 0.25) is 0 Å². The van der Waals surface area contributed by atoms with Gasteiger partial charge in [-0.25, -0.2) is 4.39 Å². The second-order valence-electron chi connectivity index (χ2n) is 5.68. The van der Waals surface area contributed by atoms with E-state index in [9.17, 15) is 4.39 Å². The molecule has 3 heteroatoms. The highest BCUT2D eigenvalue weighted by Crippen LogP contribution is 2.47. The van der Waals surface area contributed by atoms with Crippen molar-refractivity contribution in [1.82, 2.24) is 5.32 Å². The highest BCUT2D eigenvalue weighted by atomic mass is 19.1. The number of halogens is 1. The summed E-state index contributed by atoms with van der Waals surface area (Å²) < 4.78 is 18.9. The highest BCUT2D eigenvalue weighted by Gasteiger charge is 2.40. The number of hydrogen-bond donors (Lipinski definition) is 1. The van der Waals surface area contributed by atoms with E-state index >= 15 is 0 Å². The van der Waals surface area contributed by atoms with E-state index in [1.807, 2.05) is 0 Å². The fraction of sp³-hybridized carbons (Fsp3) is 0.600. The summed E-state index contributed by atoms with van der Waals surface area (Å²) in [6, 6.07) is 4.79. The van der Waals surface area contributed by atoms with Crippen LogP contribution in [0.1, 0.15) is 31.7 Å². The fourth-order valence-corrected chi connectivity index (χ4v) is 2.73. The number of benzene rings is 1. The molecular weight excluding hydrogens is 229 g/mol. The Hall–Kier alpha value is -1.09. The van der Waals surface area contributed by atoms with Gasteiger partial charge >= 0.3 is 0 Å². The zero-order chi connectivity index (χ0) is 12.6. The molecule has 0 saturated heterocycles. The van der Waals surface area contributed by atoms with E-state index in [2.05, 4.69) is 12.2 Å². The maximum Gasteiger partial charge on any atom is 0.123 e. The van der Waals surface area contributed by atoms with Crippen LogP contribution in [-0.2, 0) is 6.42 Å². The van der Waals surface area contributed by atoms with Crippen molar-refractivity contribution < 1.29 is 9.13 Å². The Morgan fingerprint density at radius 3 is 3.00 bits per heavy atom. The van der Waals surface area contributed by atoms with Crippen LogP contribution in [0.5, 0.6) is 5.75 Å². The van der Waals surface area contributed by atoms with E-state index < -0.39 is 0 Å². The Balaban J connectivity index is 1.49. The standard InChI is InChI=1S/C15H20FNO/c1-2-15(5-6-15)10-17-9-13-8-11-7-12(16)3-4-14(11)18-13/h3-4,7,13,17H,2,5-6,8-10H2,1H3. The smallest absolute Gasteiger partial charge is 0.123 e. The van der Waals surface area contributed by atoms with Crippen LogP contribution >= 0.6 is 0 Å². The minimum Gasteiger partial charge on any atom is -0.488 e. The van der Waals surface area contributed by atoms with Crippen molar-refractivity contribution in [3.8, 4) is 5.75 Å². The molecule has 1 aromatic rings. The average Bonchev–Trinajstić information content (AvgIpc) is 3.02. The maximum absolute atomic E-state index is 13.1. The topological polar surface area (TPSA) is 21.3 Å².